The molecule has 0 aliphatic carbocycles. The van der Waals surface area contributed by atoms with Gasteiger partial charge in [-0.3, -0.25) is 4.79 Å². The Bertz CT molecular complexity index is 1240. The number of benzene rings is 2. The number of hydrogen-bond acceptors (Lipinski definition) is 6. The van der Waals surface area contributed by atoms with Crippen molar-refractivity contribution in [2.24, 2.45) is 5.92 Å². The van der Waals surface area contributed by atoms with E-state index in [4.69, 9.17) is 4.52 Å². The van der Waals surface area contributed by atoms with E-state index in [-0.39, 0.29) is 36.4 Å². The molecule has 10 heteroatoms. The molecule has 0 radical (unpaired) electrons. The molecule has 2 aromatic carbocycles. The van der Waals surface area contributed by atoms with E-state index in [9.17, 15) is 17.6 Å². The molecule has 2 heterocycles. The number of hydrogen-bond donors (Lipinski definition) is 0. The number of amides is 1. The van der Waals surface area contributed by atoms with E-state index in [2.05, 4.69) is 10.1 Å². The van der Waals surface area contributed by atoms with Crippen LogP contribution < -0.4 is 0 Å². The summed E-state index contributed by atoms with van der Waals surface area (Å²) >= 11 is 0. The van der Waals surface area contributed by atoms with Gasteiger partial charge < -0.3 is 9.42 Å². The van der Waals surface area contributed by atoms with E-state index in [1.165, 1.54) is 21.3 Å². The van der Waals surface area contributed by atoms with Crippen molar-refractivity contribution >= 4 is 15.9 Å². The van der Waals surface area contributed by atoms with Gasteiger partial charge in [-0.25, -0.2) is 12.8 Å². The fourth-order valence-electron chi connectivity index (χ4n) is 3.94. The molecule has 0 N–H and O–H groups in total. The number of carbonyl (C=O) groups is 1. The van der Waals surface area contributed by atoms with Gasteiger partial charge in [0.15, 0.2) is 0 Å². The first-order chi connectivity index (χ1) is 15.8. The Morgan fingerprint density at radius 3 is 2.48 bits per heavy atom. The number of piperidine rings is 1. The van der Waals surface area contributed by atoms with Gasteiger partial charge >= 0.3 is 0 Å². The molecule has 1 aliphatic heterocycles. The predicted octanol–water partition coefficient (Wildman–Crippen LogP) is 3.24. The summed E-state index contributed by atoms with van der Waals surface area (Å²) in [6.07, 6.45) is 0.809. The van der Waals surface area contributed by atoms with Crippen LogP contribution >= 0.6 is 0 Å². The Kier molecular flexibility index (Phi) is 6.57. The standard InChI is InChI=1S/C23H25FN4O4S/c1-16-5-3-4-6-20(16)22-25-21(32-26-22)15-27(2)23(29)17-11-13-28(14-12-17)33(30,31)19-9-7-18(24)8-10-19/h3-10,17H,11-15H2,1-2H3. The van der Waals surface area contributed by atoms with E-state index in [1.54, 1.807) is 7.05 Å². The quantitative estimate of drug-likeness (QED) is 0.546. The first kappa shape index (κ1) is 23.1. The van der Waals surface area contributed by atoms with Gasteiger partial charge in [0.25, 0.3) is 0 Å². The maximum absolute atomic E-state index is 13.1. The Morgan fingerprint density at radius 2 is 1.82 bits per heavy atom. The number of nitrogens with zero attached hydrogens (tertiary/aromatic N) is 4. The lowest BCUT2D eigenvalue weighted by Gasteiger charge is -2.32. The van der Waals surface area contributed by atoms with Crippen LogP contribution in [-0.2, 0) is 21.4 Å². The number of sulfonamides is 1. The molecule has 0 atom stereocenters. The van der Waals surface area contributed by atoms with Gasteiger partial charge in [-0.1, -0.05) is 29.4 Å². The molecule has 1 saturated heterocycles. The second-order valence-electron chi connectivity index (χ2n) is 8.15. The minimum absolute atomic E-state index is 0.0478. The van der Waals surface area contributed by atoms with E-state index in [0.29, 0.717) is 24.6 Å². The minimum Gasteiger partial charge on any atom is -0.337 e. The molecule has 8 nitrogen and oxygen atoms in total. The zero-order valence-corrected chi connectivity index (χ0v) is 19.3. The summed E-state index contributed by atoms with van der Waals surface area (Å²) in [5.41, 5.74) is 1.90. The third-order valence-corrected chi connectivity index (χ3v) is 7.77. The SMILES string of the molecule is Cc1ccccc1-c1noc(CN(C)C(=O)C2CCN(S(=O)(=O)c3ccc(F)cc3)CC2)n1. The highest BCUT2D eigenvalue weighted by Gasteiger charge is 2.33. The summed E-state index contributed by atoms with van der Waals surface area (Å²) in [6.45, 7) is 2.58. The molecule has 1 amide bonds. The lowest BCUT2D eigenvalue weighted by molar-refractivity contribution is -0.136. The van der Waals surface area contributed by atoms with Crippen molar-refractivity contribution in [3.05, 3.63) is 65.8 Å². The number of halogens is 1. The first-order valence-electron chi connectivity index (χ1n) is 10.6. The lowest BCUT2D eigenvalue weighted by Crippen LogP contribution is -2.43. The fourth-order valence-corrected chi connectivity index (χ4v) is 5.41. The molecule has 1 aliphatic rings. The van der Waals surface area contributed by atoms with Crippen LogP contribution in [0.25, 0.3) is 11.4 Å². The van der Waals surface area contributed by atoms with Crippen LogP contribution in [0.15, 0.2) is 57.9 Å². The predicted molar refractivity (Wildman–Crippen MR) is 119 cm³/mol. The highest BCUT2D eigenvalue weighted by atomic mass is 32.2. The molecular weight excluding hydrogens is 447 g/mol. The largest absolute Gasteiger partial charge is 0.337 e. The van der Waals surface area contributed by atoms with Crippen molar-refractivity contribution in [2.45, 2.75) is 31.2 Å². The van der Waals surface area contributed by atoms with Gasteiger partial charge in [0, 0.05) is 31.6 Å². The fraction of sp³-hybridized carbons (Fsp3) is 0.348. The Hall–Kier alpha value is -3.11. The Morgan fingerprint density at radius 1 is 1.15 bits per heavy atom. The van der Waals surface area contributed by atoms with Crippen LogP contribution in [0, 0.1) is 18.7 Å². The second-order valence-corrected chi connectivity index (χ2v) is 10.1. The van der Waals surface area contributed by atoms with E-state index in [0.717, 1.165) is 23.3 Å². The average molecular weight is 473 g/mol. The van der Waals surface area contributed by atoms with E-state index >= 15 is 0 Å². The zero-order valence-electron chi connectivity index (χ0n) is 18.4. The number of rotatable bonds is 6. The molecule has 0 spiro atoms. The molecule has 174 valence electrons. The van der Waals surface area contributed by atoms with E-state index in [1.807, 2.05) is 31.2 Å². The molecule has 0 bridgehead atoms. The van der Waals surface area contributed by atoms with Crippen LogP contribution in [0.3, 0.4) is 0 Å². The summed E-state index contributed by atoms with van der Waals surface area (Å²) in [5.74, 6) is -0.0739. The molecule has 1 fully saturated rings. The summed E-state index contributed by atoms with van der Waals surface area (Å²) in [7, 11) is -2.05. The summed E-state index contributed by atoms with van der Waals surface area (Å²) in [6, 6.07) is 12.5. The van der Waals surface area contributed by atoms with Crippen LogP contribution in [0.2, 0.25) is 0 Å². The highest BCUT2D eigenvalue weighted by Crippen LogP contribution is 2.26. The smallest absolute Gasteiger partial charge is 0.246 e. The monoisotopic (exact) mass is 472 g/mol. The normalized spacial score (nSPS) is 15.5. The molecule has 3 aromatic rings. The molecule has 4 rings (SSSR count). The Labute approximate surface area is 192 Å². The van der Waals surface area contributed by atoms with Crippen molar-refractivity contribution in [3.8, 4) is 11.4 Å². The van der Waals surface area contributed by atoms with Crippen molar-refractivity contribution in [1.82, 2.24) is 19.3 Å². The summed E-state index contributed by atoms with van der Waals surface area (Å²) < 4.78 is 45.4. The van der Waals surface area contributed by atoms with Gasteiger partial charge in [0.2, 0.25) is 27.6 Å². The number of aromatic nitrogens is 2. The molecule has 33 heavy (non-hydrogen) atoms. The number of aryl methyl sites for hydroxylation is 1. The van der Waals surface area contributed by atoms with Crippen LogP contribution in [0.1, 0.15) is 24.3 Å². The van der Waals surface area contributed by atoms with Crippen molar-refractivity contribution < 1.29 is 22.1 Å². The van der Waals surface area contributed by atoms with Crippen molar-refractivity contribution in [3.63, 3.8) is 0 Å². The molecule has 0 unspecified atom stereocenters. The maximum Gasteiger partial charge on any atom is 0.246 e. The van der Waals surface area contributed by atoms with Gasteiger partial charge in [-0.15, -0.1) is 0 Å². The Balaban J connectivity index is 1.35. The number of carbonyl (C=O) groups excluding carboxylic acids is 1. The first-order valence-corrected chi connectivity index (χ1v) is 12.1. The van der Waals surface area contributed by atoms with Gasteiger partial charge in [-0.2, -0.15) is 9.29 Å². The minimum atomic E-state index is -3.72. The highest BCUT2D eigenvalue weighted by molar-refractivity contribution is 7.89. The second kappa shape index (κ2) is 9.40. The van der Waals surface area contributed by atoms with Crippen LogP contribution in [0.4, 0.5) is 4.39 Å². The summed E-state index contributed by atoms with van der Waals surface area (Å²) in [5, 5.41) is 4.02. The van der Waals surface area contributed by atoms with Crippen molar-refractivity contribution in [1.29, 1.82) is 0 Å². The summed E-state index contributed by atoms with van der Waals surface area (Å²) in [4.78, 5) is 18.9. The van der Waals surface area contributed by atoms with Crippen molar-refractivity contribution in [2.75, 3.05) is 20.1 Å². The average Bonchev–Trinajstić information content (AvgIpc) is 3.27. The lowest BCUT2D eigenvalue weighted by atomic mass is 9.97. The molecular formula is C23H25FN4O4S. The topological polar surface area (TPSA) is 96.6 Å². The molecule has 1 aromatic heterocycles. The van der Waals surface area contributed by atoms with Gasteiger partial charge in [0.1, 0.15) is 5.82 Å². The third-order valence-electron chi connectivity index (χ3n) is 5.86. The zero-order chi connectivity index (χ0) is 23.6. The maximum atomic E-state index is 13.1. The van der Waals surface area contributed by atoms with Crippen LogP contribution in [0.5, 0.6) is 0 Å². The van der Waals surface area contributed by atoms with Gasteiger partial charge in [-0.05, 0) is 49.6 Å². The van der Waals surface area contributed by atoms with Crippen LogP contribution in [-0.4, -0.2) is 53.8 Å². The van der Waals surface area contributed by atoms with E-state index < -0.39 is 15.8 Å². The molecule has 0 saturated carbocycles. The van der Waals surface area contributed by atoms with Gasteiger partial charge in [0.05, 0.1) is 11.4 Å². The third kappa shape index (κ3) is 4.96.